The van der Waals surface area contributed by atoms with Crippen molar-refractivity contribution in [2.45, 2.75) is 50.5 Å². The van der Waals surface area contributed by atoms with E-state index in [-0.39, 0.29) is 24.3 Å². The Morgan fingerprint density at radius 3 is 2.31 bits per heavy atom. The number of hydrogen-bond donors (Lipinski definition) is 2. The number of ether oxygens (including phenoxy) is 1. The van der Waals surface area contributed by atoms with E-state index in [1.807, 2.05) is 31.2 Å². The van der Waals surface area contributed by atoms with Gasteiger partial charge in [-0.15, -0.1) is 0 Å². The summed E-state index contributed by atoms with van der Waals surface area (Å²) < 4.78 is 5.57. The fraction of sp³-hybridized carbons (Fsp3) is 0.464. The number of fused-ring (bicyclic) bond motifs is 4. The predicted molar refractivity (Wildman–Crippen MR) is 131 cm³/mol. The number of nitrogens with zero attached hydrogens (tertiary/aromatic N) is 1. The number of aliphatic carboxylic acids is 1. The Morgan fingerprint density at radius 1 is 1.06 bits per heavy atom. The van der Waals surface area contributed by atoms with Crippen LogP contribution in [-0.4, -0.2) is 53.2 Å². The van der Waals surface area contributed by atoms with Crippen molar-refractivity contribution in [2.75, 3.05) is 19.7 Å². The molecule has 4 aliphatic rings. The van der Waals surface area contributed by atoms with Gasteiger partial charge in [-0.3, -0.25) is 4.79 Å². The number of benzene rings is 2. The van der Waals surface area contributed by atoms with E-state index < -0.39 is 17.6 Å². The van der Waals surface area contributed by atoms with Crippen molar-refractivity contribution in [1.82, 2.24) is 10.2 Å². The number of carbonyl (C=O) groups is 3. The molecule has 2 aliphatic carbocycles. The van der Waals surface area contributed by atoms with Gasteiger partial charge in [0.25, 0.3) is 0 Å². The number of nitrogens with one attached hydrogen (secondary N) is 1. The molecular weight excluding hydrogens is 444 g/mol. The number of amides is 2. The minimum absolute atomic E-state index is 0.0313. The average Bonchev–Trinajstić information content (AvgIpc) is 3.50. The molecule has 2 saturated heterocycles. The van der Waals surface area contributed by atoms with Crippen molar-refractivity contribution in [2.24, 2.45) is 11.8 Å². The van der Waals surface area contributed by atoms with E-state index in [1.165, 1.54) is 22.3 Å². The predicted octanol–water partition coefficient (Wildman–Crippen LogP) is 4.41. The largest absolute Gasteiger partial charge is 0.479 e. The van der Waals surface area contributed by atoms with Gasteiger partial charge < -0.3 is 20.1 Å². The first-order valence-electron chi connectivity index (χ1n) is 12.5. The highest BCUT2D eigenvalue weighted by atomic mass is 16.5. The molecule has 0 radical (unpaired) electrons. The van der Waals surface area contributed by atoms with Crippen LogP contribution in [0.2, 0.25) is 0 Å². The number of carboxylic acid groups (broad SMARTS) is 1. The minimum Gasteiger partial charge on any atom is -0.479 e. The monoisotopic (exact) mass is 476 g/mol. The maximum atomic E-state index is 12.6. The minimum atomic E-state index is -0.948. The van der Waals surface area contributed by atoms with E-state index in [0.29, 0.717) is 44.7 Å². The SMILES string of the molecule is CC(CCNC(=O)OCC1c2ccccc2-c2ccccc21)CCC(=O)N1CC2CC1(C(=O)O)C2. The zero-order valence-corrected chi connectivity index (χ0v) is 20.0. The van der Waals surface area contributed by atoms with Gasteiger partial charge in [-0.05, 0) is 59.8 Å². The average molecular weight is 477 g/mol. The highest BCUT2D eigenvalue weighted by Gasteiger charge is 2.62. The summed E-state index contributed by atoms with van der Waals surface area (Å²) in [4.78, 5) is 38.2. The van der Waals surface area contributed by atoms with E-state index >= 15 is 0 Å². The third kappa shape index (κ3) is 4.28. The number of carbonyl (C=O) groups excluding carboxylic acids is 2. The van der Waals surface area contributed by atoms with Gasteiger partial charge in [-0.2, -0.15) is 0 Å². The topological polar surface area (TPSA) is 95.9 Å². The van der Waals surface area contributed by atoms with Crippen molar-refractivity contribution >= 4 is 18.0 Å². The zero-order chi connectivity index (χ0) is 24.6. The highest BCUT2D eigenvalue weighted by Crippen LogP contribution is 2.51. The van der Waals surface area contributed by atoms with Gasteiger partial charge in [0.2, 0.25) is 5.91 Å². The summed E-state index contributed by atoms with van der Waals surface area (Å²) in [7, 11) is 0. The molecule has 7 heteroatoms. The van der Waals surface area contributed by atoms with E-state index in [9.17, 15) is 19.5 Å². The molecular formula is C28H32N2O5. The van der Waals surface area contributed by atoms with Gasteiger partial charge in [-0.25, -0.2) is 9.59 Å². The van der Waals surface area contributed by atoms with E-state index in [0.717, 1.165) is 6.42 Å². The number of carboxylic acids is 1. The van der Waals surface area contributed by atoms with Gasteiger partial charge in [0.1, 0.15) is 12.1 Å². The molecule has 1 atom stereocenters. The summed E-state index contributed by atoms with van der Waals surface area (Å²) >= 11 is 0. The molecule has 2 amide bonds. The first-order chi connectivity index (χ1) is 16.9. The fourth-order valence-electron chi connectivity index (χ4n) is 6.03. The Morgan fingerprint density at radius 2 is 1.69 bits per heavy atom. The summed E-state index contributed by atoms with van der Waals surface area (Å²) in [6.07, 6.45) is 2.48. The van der Waals surface area contributed by atoms with Crippen molar-refractivity contribution < 1.29 is 24.2 Å². The lowest BCUT2D eigenvalue weighted by Gasteiger charge is -2.37. The molecule has 1 saturated carbocycles. The summed E-state index contributed by atoms with van der Waals surface area (Å²) in [5, 5.41) is 12.4. The molecule has 2 heterocycles. The Hall–Kier alpha value is -3.35. The number of hydrogen-bond acceptors (Lipinski definition) is 4. The Labute approximate surface area is 205 Å². The van der Waals surface area contributed by atoms with Crippen LogP contribution in [0.1, 0.15) is 56.1 Å². The Balaban J connectivity index is 1.04. The van der Waals surface area contributed by atoms with Crippen LogP contribution < -0.4 is 5.32 Å². The normalized spacial score (nSPS) is 22.7. The van der Waals surface area contributed by atoms with Gasteiger partial charge >= 0.3 is 12.1 Å². The third-order valence-corrected chi connectivity index (χ3v) is 8.01. The van der Waals surface area contributed by atoms with Crippen molar-refractivity contribution in [3.8, 4) is 11.1 Å². The molecule has 1 unspecified atom stereocenters. The second-order valence-corrected chi connectivity index (χ2v) is 10.3. The molecule has 2 aromatic rings. The van der Waals surface area contributed by atoms with E-state index in [2.05, 4.69) is 29.6 Å². The molecule has 0 spiro atoms. The molecule has 2 N–H and O–H groups in total. The van der Waals surface area contributed by atoms with Crippen molar-refractivity contribution in [3.63, 3.8) is 0 Å². The van der Waals surface area contributed by atoms with Gasteiger partial charge in [0.05, 0.1) is 0 Å². The highest BCUT2D eigenvalue weighted by molar-refractivity contribution is 5.89. The lowest BCUT2D eigenvalue weighted by Crippen LogP contribution is -2.54. The first-order valence-corrected chi connectivity index (χ1v) is 12.5. The van der Waals surface area contributed by atoms with Crippen LogP contribution in [0.15, 0.2) is 48.5 Å². The van der Waals surface area contributed by atoms with Gasteiger partial charge in [-0.1, -0.05) is 55.5 Å². The molecule has 184 valence electrons. The number of rotatable bonds is 9. The maximum Gasteiger partial charge on any atom is 0.407 e. The van der Waals surface area contributed by atoms with Crippen LogP contribution in [0.4, 0.5) is 4.79 Å². The molecule has 35 heavy (non-hydrogen) atoms. The molecule has 2 aromatic carbocycles. The quantitative estimate of drug-likeness (QED) is 0.559. The van der Waals surface area contributed by atoms with Crippen LogP contribution in [0.5, 0.6) is 0 Å². The number of alkyl carbamates (subject to hydrolysis) is 1. The lowest BCUT2D eigenvalue weighted by atomic mass is 9.73. The third-order valence-electron chi connectivity index (χ3n) is 8.01. The second-order valence-electron chi connectivity index (χ2n) is 10.3. The lowest BCUT2D eigenvalue weighted by molar-refractivity contribution is -0.158. The van der Waals surface area contributed by atoms with Crippen LogP contribution in [0.3, 0.4) is 0 Å². The molecule has 6 rings (SSSR count). The molecule has 2 bridgehead atoms. The van der Waals surface area contributed by atoms with E-state index in [4.69, 9.17) is 4.74 Å². The standard InChI is InChI=1S/C28H32N2O5/c1-18(10-11-25(31)30-16-19-14-28(30,15-19)26(32)33)12-13-29-27(34)35-17-24-22-8-4-2-6-20(22)21-7-3-5-9-23(21)24/h2-9,18-19,24H,10-17H2,1H3,(H,29,34)(H,32,33). The van der Waals surface area contributed by atoms with Crippen molar-refractivity contribution in [3.05, 3.63) is 59.7 Å². The van der Waals surface area contributed by atoms with Crippen LogP contribution in [0, 0.1) is 11.8 Å². The van der Waals surface area contributed by atoms with Crippen LogP contribution in [-0.2, 0) is 14.3 Å². The molecule has 2 aliphatic heterocycles. The Kier molecular flexibility index (Phi) is 6.26. The fourth-order valence-corrected chi connectivity index (χ4v) is 6.03. The summed E-state index contributed by atoms with van der Waals surface area (Å²) in [6.45, 7) is 3.37. The molecule has 0 aromatic heterocycles. The maximum absolute atomic E-state index is 12.6. The molecule has 3 fully saturated rings. The second kappa shape index (κ2) is 9.36. The van der Waals surface area contributed by atoms with Gasteiger partial charge in [0, 0.05) is 25.4 Å². The smallest absolute Gasteiger partial charge is 0.407 e. The van der Waals surface area contributed by atoms with Crippen LogP contribution in [0.25, 0.3) is 11.1 Å². The first kappa shape index (κ1) is 23.4. The molecule has 7 nitrogen and oxygen atoms in total. The van der Waals surface area contributed by atoms with Gasteiger partial charge in [0.15, 0.2) is 0 Å². The summed E-state index contributed by atoms with van der Waals surface area (Å²) in [5.41, 5.74) is 3.80. The van der Waals surface area contributed by atoms with Crippen LogP contribution >= 0.6 is 0 Å². The van der Waals surface area contributed by atoms with E-state index in [1.54, 1.807) is 4.90 Å². The van der Waals surface area contributed by atoms with Crippen molar-refractivity contribution in [1.29, 1.82) is 0 Å². The summed E-state index contributed by atoms with van der Waals surface area (Å²) in [5.74, 6) is -0.340. The Bertz CT molecular complexity index is 1090. The summed E-state index contributed by atoms with van der Waals surface area (Å²) in [6, 6.07) is 16.5. The zero-order valence-electron chi connectivity index (χ0n) is 20.0.